The first kappa shape index (κ1) is 21.6. The summed E-state index contributed by atoms with van der Waals surface area (Å²) in [4.78, 5) is 33.3. The molecule has 0 aromatic heterocycles. The molecule has 0 N–H and O–H groups in total. The molecule has 0 aliphatic carbocycles. The summed E-state index contributed by atoms with van der Waals surface area (Å²) in [5.41, 5.74) is 0.625. The molecule has 160 valence electrons. The first-order valence-corrected chi connectivity index (χ1v) is 11.4. The van der Waals surface area contributed by atoms with Crippen molar-refractivity contribution < 1.29 is 9.59 Å². The fourth-order valence-corrected chi connectivity index (χ4v) is 5.73. The van der Waals surface area contributed by atoms with Crippen molar-refractivity contribution in [2.75, 3.05) is 66.0 Å². The first-order chi connectivity index (χ1) is 13.4. The summed E-state index contributed by atoms with van der Waals surface area (Å²) in [7, 11) is 2.21. The van der Waals surface area contributed by atoms with Crippen molar-refractivity contribution in [3.63, 3.8) is 0 Å². The molecule has 4 aliphatic heterocycles. The molecule has 0 aromatic carbocycles. The number of rotatable bonds is 3. The van der Waals surface area contributed by atoms with Gasteiger partial charge in [0.25, 0.3) is 0 Å². The van der Waals surface area contributed by atoms with E-state index in [1.807, 2.05) is 18.7 Å². The molecule has 28 heavy (non-hydrogen) atoms. The topological polar surface area (TPSA) is 47.1 Å². The van der Waals surface area contributed by atoms with E-state index in [1.54, 1.807) is 6.92 Å². The van der Waals surface area contributed by atoms with Crippen molar-refractivity contribution in [3.05, 3.63) is 0 Å². The predicted molar refractivity (Wildman–Crippen MR) is 112 cm³/mol. The minimum absolute atomic E-state index is 0.132. The van der Waals surface area contributed by atoms with Crippen LogP contribution in [0.3, 0.4) is 0 Å². The lowest BCUT2D eigenvalue weighted by atomic mass is 9.72. The molecular weight excluding hydrogens is 352 g/mol. The third-order valence-electron chi connectivity index (χ3n) is 7.06. The van der Waals surface area contributed by atoms with Gasteiger partial charge in [0.1, 0.15) is 0 Å². The average molecular weight is 393 g/mol. The fraction of sp³-hybridized carbons (Fsp3) is 0.909. The van der Waals surface area contributed by atoms with E-state index in [-0.39, 0.29) is 11.8 Å². The second kappa shape index (κ2) is 9.12. The minimum atomic E-state index is 0.132. The van der Waals surface area contributed by atoms with Crippen LogP contribution in [0.2, 0.25) is 0 Å². The molecule has 0 atom stereocenters. The van der Waals surface area contributed by atoms with Crippen LogP contribution in [-0.2, 0) is 9.59 Å². The minimum Gasteiger partial charge on any atom is -0.343 e. The Hall–Kier alpha value is -1.14. The lowest BCUT2D eigenvalue weighted by Gasteiger charge is -2.60. The van der Waals surface area contributed by atoms with Crippen LogP contribution < -0.4 is 0 Å². The van der Waals surface area contributed by atoms with Crippen LogP contribution in [0.25, 0.3) is 0 Å². The van der Waals surface area contributed by atoms with E-state index < -0.39 is 0 Å². The maximum absolute atomic E-state index is 12.8. The molecule has 6 nitrogen and oxygen atoms in total. The SMILES string of the molecule is CC.CC(=O)N1CCC(C(=O)N2CCC(CN3CC4(CN(C)C4)C3)CC2)CC1. The van der Waals surface area contributed by atoms with E-state index in [2.05, 4.69) is 21.7 Å². The molecule has 4 heterocycles. The van der Waals surface area contributed by atoms with Gasteiger partial charge >= 0.3 is 0 Å². The fourth-order valence-electron chi connectivity index (χ4n) is 5.73. The van der Waals surface area contributed by atoms with Gasteiger partial charge < -0.3 is 19.6 Å². The normalized spacial score (nSPS) is 26.3. The van der Waals surface area contributed by atoms with E-state index in [9.17, 15) is 9.59 Å². The van der Waals surface area contributed by atoms with Crippen LogP contribution in [0.5, 0.6) is 0 Å². The zero-order chi connectivity index (χ0) is 20.3. The molecule has 0 aromatic rings. The summed E-state index contributed by atoms with van der Waals surface area (Å²) in [6, 6.07) is 0. The number of nitrogens with zero attached hydrogens (tertiary/aromatic N) is 4. The second-order valence-corrected chi connectivity index (χ2v) is 9.39. The molecule has 4 rings (SSSR count). The quantitative estimate of drug-likeness (QED) is 0.734. The maximum Gasteiger partial charge on any atom is 0.225 e. The van der Waals surface area contributed by atoms with Gasteiger partial charge in [-0.1, -0.05) is 13.8 Å². The number of piperidine rings is 2. The van der Waals surface area contributed by atoms with Crippen molar-refractivity contribution in [1.29, 1.82) is 0 Å². The van der Waals surface area contributed by atoms with Gasteiger partial charge in [-0.25, -0.2) is 0 Å². The van der Waals surface area contributed by atoms with E-state index in [0.29, 0.717) is 11.3 Å². The highest BCUT2D eigenvalue weighted by molar-refractivity contribution is 5.79. The Morgan fingerprint density at radius 3 is 1.89 bits per heavy atom. The van der Waals surface area contributed by atoms with Gasteiger partial charge in [0.2, 0.25) is 11.8 Å². The first-order valence-electron chi connectivity index (χ1n) is 11.4. The van der Waals surface area contributed by atoms with Crippen LogP contribution in [0.15, 0.2) is 0 Å². The largest absolute Gasteiger partial charge is 0.343 e. The van der Waals surface area contributed by atoms with E-state index in [4.69, 9.17) is 0 Å². The van der Waals surface area contributed by atoms with Crippen molar-refractivity contribution in [3.8, 4) is 0 Å². The molecule has 0 radical (unpaired) electrons. The smallest absolute Gasteiger partial charge is 0.225 e. The van der Waals surface area contributed by atoms with Gasteiger partial charge in [0.05, 0.1) is 0 Å². The van der Waals surface area contributed by atoms with Gasteiger partial charge in [0, 0.05) is 77.2 Å². The second-order valence-electron chi connectivity index (χ2n) is 9.39. The Balaban J connectivity index is 0.00000109. The monoisotopic (exact) mass is 392 g/mol. The van der Waals surface area contributed by atoms with Crippen molar-refractivity contribution in [1.82, 2.24) is 19.6 Å². The highest BCUT2D eigenvalue weighted by Gasteiger charge is 2.50. The third-order valence-corrected chi connectivity index (χ3v) is 7.06. The van der Waals surface area contributed by atoms with E-state index in [1.165, 1.54) is 32.7 Å². The standard InChI is InChI=1S/C20H34N4O2.C2H6/c1-16(25)23-9-5-18(6-10-23)19(26)24-7-3-17(4-8-24)11-22-14-20(15-22)12-21(2)13-20;1-2/h17-18H,3-15H2,1-2H3;1-2H3. The molecule has 4 saturated heterocycles. The number of likely N-dealkylation sites (tertiary alicyclic amines) is 4. The number of carbonyl (C=O) groups excluding carboxylic acids is 2. The van der Waals surface area contributed by atoms with Crippen LogP contribution in [0, 0.1) is 17.3 Å². The van der Waals surface area contributed by atoms with Crippen LogP contribution in [0.1, 0.15) is 46.5 Å². The molecule has 0 saturated carbocycles. The third kappa shape index (κ3) is 4.70. The van der Waals surface area contributed by atoms with Gasteiger partial charge in [-0.05, 0) is 38.6 Å². The van der Waals surface area contributed by atoms with Crippen molar-refractivity contribution >= 4 is 11.8 Å². The Bertz CT molecular complexity index is 537. The number of hydrogen-bond acceptors (Lipinski definition) is 4. The van der Waals surface area contributed by atoms with Crippen LogP contribution in [-0.4, -0.2) is 97.4 Å². The molecule has 0 bridgehead atoms. The Morgan fingerprint density at radius 2 is 1.39 bits per heavy atom. The Labute approximate surface area is 171 Å². The molecule has 4 fully saturated rings. The van der Waals surface area contributed by atoms with Crippen molar-refractivity contribution in [2.45, 2.75) is 46.5 Å². The average Bonchev–Trinajstić information content (AvgIpc) is 2.67. The molecule has 6 heteroatoms. The lowest BCUT2D eigenvalue weighted by molar-refractivity contribution is -0.141. The number of carbonyl (C=O) groups is 2. The molecule has 0 unspecified atom stereocenters. The van der Waals surface area contributed by atoms with E-state index in [0.717, 1.165) is 57.8 Å². The van der Waals surface area contributed by atoms with Crippen LogP contribution >= 0.6 is 0 Å². The molecular formula is C22H40N4O2. The van der Waals surface area contributed by atoms with Gasteiger partial charge in [-0.3, -0.25) is 9.59 Å². The van der Waals surface area contributed by atoms with Crippen molar-refractivity contribution in [2.24, 2.45) is 17.3 Å². The summed E-state index contributed by atoms with van der Waals surface area (Å²) < 4.78 is 0. The van der Waals surface area contributed by atoms with Gasteiger partial charge in [-0.15, -0.1) is 0 Å². The number of amides is 2. The Kier molecular flexibility index (Phi) is 7.02. The predicted octanol–water partition coefficient (Wildman–Crippen LogP) is 1.76. The highest BCUT2D eigenvalue weighted by Crippen LogP contribution is 2.39. The summed E-state index contributed by atoms with van der Waals surface area (Å²) in [5.74, 6) is 1.37. The summed E-state index contributed by atoms with van der Waals surface area (Å²) in [6.07, 6.45) is 3.98. The highest BCUT2D eigenvalue weighted by atomic mass is 16.2. The van der Waals surface area contributed by atoms with E-state index >= 15 is 0 Å². The molecule has 1 spiro atoms. The Morgan fingerprint density at radius 1 is 0.857 bits per heavy atom. The van der Waals surface area contributed by atoms with Crippen LogP contribution in [0.4, 0.5) is 0 Å². The molecule has 2 amide bonds. The maximum atomic E-state index is 12.8. The zero-order valence-corrected chi connectivity index (χ0v) is 18.5. The molecule has 4 aliphatic rings. The lowest BCUT2D eigenvalue weighted by Crippen LogP contribution is -2.71. The zero-order valence-electron chi connectivity index (χ0n) is 18.5. The van der Waals surface area contributed by atoms with Gasteiger partial charge in [0.15, 0.2) is 0 Å². The van der Waals surface area contributed by atoms with Gasteiger partial charge in [-0.2, -0.15) is 0 Å². The number of hydrogen-bond donors (Lipinski definition) is 0. The summed E-state index contributed by atoms with van der Waals surface area (Å²) >= 11 is 0. The summed E-state index contributed by atoms with van der Waals surface area (Å²) in [5, 5.41) is 0. The summed E-state index contributed by atoms with van der Waals surface area (Å²) in [6.45, 7) is 15.3.